The number of likely N-dealkylation sites (N-methyl/N-ethyl adjacent to an activating group) is 1. The Morgan fingerprint density at radius 2 is 2.08 bits per heavy atom. The molecule has 0 bridgehead atoms. The van der Waals surface area contributed by atoms with Crippen LogP contribution >= 0.6 is 11.3 Å². The van der Waals surface area contributed by atoms with Gasteiger partial charge in [0.25, 0.3) is 15.9 Å². The minimum atomic E-state index is -3.84. The first-order valence-corrected chi connectivity index (χ1v) is 15.0. The van der Waals surface area contributed by atoms with Crippen LogP contribution < -0.4 is 14.8 Å². The van der Waals surface area contributed by atoms with E-state index >= 15 is 0 Å². The van der Waals surface area contributed by atoms with E-state index in [-0.39, 0.29) is 52.9 Å². The average molecular weight is 592 g/mol. The smallest absolute Gasteiger partial charge is 0.321 e. The van der Waals surface area contributed by atoms with E-state index in [1.54, 1.807) is 44.2 Å². The fourth-order valence-electron chi connectivity index (χ4n) is 4.34. The number of hydrogen-bond acceptors (Lipinski definition) is 9. The standard InChI is InChI=1S/C26H33N5O7S2/c1-15-12-31(16(2)14-32)25(33)20-11-19(29-40(35,36)23-7-6-10-39-23)8-9-21(20)37-22(15)13-30(5)26(34)27-24-17(3)28-38-18(24)4/h6-11,15-16,22,29,32H,12-14H2,1-5H3,(H,27,34)/t15-,16+,22+/m0/s1. The Kier molecular flexibility index (Phi) is 8.71. The van der Waals surface area contributed by atoms with Crippen LogP contribution in [0, 0.1) is 19.8 Å². The number of rotatable bonds is 8. The maximum absolute atomic E-state index is 13.6. The molecule has 3 aromatic rings. The number of fused-ring (bicyclic) bond motifs is 1. The van der Waals surface area contributed by atoms with Crippen LogP contribution in [-0.2, 0) is 10.0 Å². The molecule has 0 saturated carbocycles. The SMILES string of the molecule is Cc1noc(C)c1NC(=O)N(C)C[C@H]1Oc2ccc(NS(=O)(=O)c3cccs3)cc2C(=O)N([C@H](C)CO)C[C@@H]1C. The van der Waals surface area contributed by atoms with E-state index in [1.807, 2.05) is 6.92 Å². The maximum Gasteiger partial charge on any atom is 0.321 e. The molecule has 0 unspecified atom stereocenters. The molecule has 1 aliphatic heterocycles. The minimum Gasteiger partial charge on any atom is -0.487 e. The number of aliphatic hydroxyl groups excluding tert-OH is 1. The Bertz CT molecular complexity index is 1450. The van der Waals surface area contributed by atoms with Gasteiger partial charge in [0.1, 0.15) is 27.4 Å². The van der Waals surface area contributed by atoms with Gasteiger partial charge < -0.3 is 29.5 Å². The molecule has 1 aromatic carbocycles. The first-order chi connectivity index (χ1) is 18.9. The number of nitrogens with one attached hydrogen (secondary N) is 2. The Balaban J connectivity index is 1.62. The van der Waals surface area contributed by atoms with Gasteiger partial charge in [-0.3, -0.25) is 9.52 Å². The van der Waals surface area contributed by atoms with Crippen LogP contribution in [0.5, 0.6) is 5.75 Å². The molecule has 0 radical (unpaired) electrons. The second-order valence-electron chi connectivity index (χ2n) is 9.88. The van der Waals surface area contributed by atoms with Crippen LogP contribution in [0.25, 0.3) is 0 Å². The molecule has 3 heterocycles. The van der Waals surface area contributed by atoms with Crippen molar-refractivity contribution in [1.82, 2.24) is 15.0 Å². The summed E-state index contributed by atoms with van der Waals surface area (Å²) < 4.78 is 39.6. The Morgan fingerprint density at radius 3 is 2.70 bits per heavy atom. The molecule has 0 aliphatic carbocycles. The zero-order chi connectivity index (χ0) is 29.2. The van der Waals surface area contributed by atoms with Crippen LogP contribution in [0.15, 0.2) is 44.4 Å². The lowest BCUT2D eigenvalue weighted by atomic mass is 9.99. The fraction of sp³-hybridized carbons (Fsp3) is 0.423. The first-order valence-electron chi connectivity index (χ1n) is 12.6. The molecule has 2 aromatic heterocycles. The van der Waals surface area contributed by atoms with Crippen LogP contribution in [0.4, 0.5) is 16.2 Å². The molecule has 12 nitrogen and oxygen atoms in total. The van der Waals surface area contributed by atoms with Gasteiger partial charge in [0, 0.05) is 25.2 Å². The van der Waals surface area contributed by atoms with E-state index in [1.165, 1.54) is 29.2 Å². The molecule has 1 aliphatic rings. The molecule has 0 saturated heterocycles. The number of carbonyl (C=O) groups excluding carboxylic acids is 2. The van der Waals surface area contributed by atoms with Gasteiger partial charge in [-0.15, -0.1) is 11.3 Å². The fourth-order valence-corrected chi connectivity index (χ4v) is 6.38. The molecule has 0 fully saturated rings. The van der Waals surface area contributed by atoms with Crippen LogP contribution in [0.3, 0.4) is 0 Å². The second-order valence-corrected chi connectivity index (χ2v) is 12.7. The van der Waals surface area contributed by atoms with Crippen molar-refractivity contribution in [3.8, 4) is 5.75 Å². The van der Waals surface area contributed by atoms with E-state index in [0.717, 1.165) is 11.3 Å². The van der Waals surface area contributed by atoms with Gasteiger partial charge in [-0.1, -0.05) is 18.1 Å². The Labute approximate surface area is 237 Å². The Hall–Kier alpha value is -3.62. The number of ether oxygens (including phenoxy) is 1. The van der Waals surface area contributed by atoms with Crippen molar-refractivity contribution in [3.05, 3.63) is 52.7 Å². The van der Waals surface area contributed by atoms with Gasteiger partial charge in [0.2, 0.25) is 0 Å². The zero-order valence-corrected chi connectivity index (χ0v) is 24.5. The normalized spacial score (nSPS) is 18.2. The lowest BCUT2D eigenvalue weighted by molar-refractivity contribution is 0.0371. The molecule has 14 heteroatoms. The third kappa shape index (κ3) is 6.24. The van der Waals surface area contributed by atoms with Gasteiger partial charge in [0.05, 0.1) is 24.8 Å². The minimum absolute atomic E-state index is 0.143. The quantitative estimate of drug-likeness (QED) is 0.359. The highest BCUT2D eigenvalue weighted by Crippen LogP contribution is 2.32. The summed E-state index contributed by atoms with van der Waals surface area (Å²) in [6, 6.07) is 6.73. The van der Waals surface area contributed by atoms with Crippen molar-refractivity contribution >= 4 is 44.7 Å². The molecule has 216 valence electrons. The summed E-state index contributed by atoms with van der Waals surface area (Å²) in [7, 11) is -2.21. The van der Waals surface area contributed by atoms with Crippen molar-refractivity contribution in [2.75, 3.05) is 36.8 Å². The maximum atomic E-state index is 13.6. The molecule has 3 atom stereocenters. The van der Waals surface area contributed by atoms with Gasteiger partial charge in [-0.2, -0.15) is 0 Å². The number of hydrogen-bond donors (Lipinski definition) is 3. The first kappa shape index (κ1) is 29.4. The summed E-state index contributed by atoms with van der Waals surface area (Å²) >= 11 is 1.08. The van der Waals surface area contributed by atoms with Crippen molar-refractivity contribution < 1.29 is 32.4 Å². The summed E-state index contributed by atoms with van der Waals surface area (Å²) in [6.45, 7) is 7.23. The average Bonchev–Trinajstić information content (AvgIpc) is 3.57. The summed E-state index contributed by atoms with van der Waals surface area (Å²) in [4.78, 5) is 29.6. The van der Waals surface area contributed by atoms with Crippen LogP contribution in [-0.4, -0.2) is 79.3 Å². The van der Waals surface area contributed by atoms with E-state index in [0.29, 0.717) is 17.1 Å². The van der Waals surface area contributed by atoms with Gasteiger partial charge in [-0.25, -0.2) is 13.2 Å². The predicted octanol–water partition coefficient (Wildman–Crippen LogP) is 3.54. The topological polar surface area (TPSA) is 154 Å². The van der Waals surface area contributed by atoms with Gasteiger partial charge in [0.15, 0.2) is 5.76 Å². The molecule has 3 amide bonds. The summed E-state index contributed by atoms with van der Waals surface area (Å²) in [5.74, 6) is 0.109. The van der Waals surface area contributed by atoms with Gasteiger partial charge >= 0.3 is 6.03 Å². The van der Waals surface area contributed by atoms with Gasteiger partial charge in [-0.05, 0) is 50.4 Å². The molecule has 0 spiro atoms. The lowest BCUT2D eigenvalue weighted by Gasteiger charge is -2.38. The number of aryl methyl sites for hydroxylation is 2. The monoisotopic (exact) mass is 591 g/mol. The van der Waals surface area contributed by atoms with E-state index < -0.39 is 28.1 Å². The number of aliphatic hydroxyl groups is 1. The van der Waals surface area contributed by atoms with Crippen molar-refractivity contribution in [1.29, 1.82) is 0 Å². The van der Waals surface area contributed by atoms with Crippen molar-refractivity contribution in [2.45, 2.75) is 44.0 Å². The summed E-state index contributed by atoms with van der Waals surface area (Å²) in [5.41, 5.74) is 1.40. The Morgan fingerprint density at radius 1 is 1.32 bits per heavy atom. The lowest BCUT2D eigenvalue weighted by Crippen LogP contribution is -2.50. The molecule has 4 rings (SSSR count). The van der Waals surface area contributed by atoms with E-state index in [2.05, 4.69) is 15.2 Å². The molecule has 3 N–H and O–H groups in total. The highest BCUT2D eigenvalue weighted by atomic mass is 32.2. The number of benzene rings is 1. The zero-order valence-electron chi connectivity index (χ0n) is 22.9. The third-order valence-electron chi connectivity index (χ3n) is 6.74. The van der Waals surface area contributed by atoms with Crippen LogP contribution in [0.1, 0.15) is 35.7 Å². The van der Waals surface area contributed by atoms with Crippen molar-refractivity contribution in [3.63, 3.8) is 0 Å². The second kappa shape index (κ2) is 11.9. The number of sulfonamides is 1. The van der Waals surface area contributed by atoms with E-state index in [9.17, 15) is 23.1 Å². The van der Waals surface area contributed by atoms with E-state index in [4.69, 9.17) is 9.26 Å². The number of anilines is 2. The number of thiophene rings is 1. The number of amides is 3. The number of carbonyl (C=O) groups is 2. The number of aromatic nitrogens is 1. The van der Waals surface area contributed by atoms with Crippen molar-refractivity contribution in [2.24, 2.45) is 5.92 Å². The molecular formula is C26H33N5O7S2. The van der Waals surface area contributed by atoms with Crippen LogP contribution in [0.2, 0.25) is 0 Å². The highest BCUT2D eigenvalue weighted by Gasteiger charge is 2.34. The largest absolute Gasteiger partial charge is 0.487 e. The third-order valence-corrected chi connectivity index (χ3v) is 9.52. The predicted molar refractivity (Wildman–Crippen MR) is 150 cm³/mol. The number of nitrogens with zero attached hydrogens (tertiary/aromatic N) is 3. The highest BCUT2D eigenvalue weighted by molar-refractivity contribution is 7.94. The summed E-state index contributed by atoms with van der Waals surface area (Å²) in [5, 5.41) is 18.2. The number of urea groups is 1. The molecule has 40 heavy (non-hydrogen) atoms. The molecular weight excluding hydrogens is 558 g/mol. The summed E-state index contributed by atoms with van der Waals surface area (Å²) in [6.07, 6.45) is -0.533.